The summed E-state index contributed by atoms with van der Waals surface area (Å²) in [6.45, 7) is 4.08. The van der Waals surface area contributed by atoms with Gasteiger partial charge in [-0.3, -0.25) is 4.42 Å². The second kappa shape index (κ2) is 8.18. The van der Waals surface area contributed by atoms with Crippen LogP contribution in [0.25, 0.3) is 0 Å². The maximum atomic E-state index is 10.8. The highest BCUT2D eigenvalue weighted by atomic mass is 16.4. The Kier molecular flexibility index (Phi) is 7.35. The van der Waals surface area contributed by atoms with Gasteiger partial charge in [-0.15, -0.1) is 0 Å². The largest absolute Gasteiger partial charge is 0.594 e. The Balaban J connectivity index is 4.18. The maximum absolute atomic E-state index is 10.8. The van der Waals surface area contributed by atoms with Crippen molar-refractivity contribution in [1.29, 1.82) is 5.26 Å². The molecule has 3 heteroatoms. The van der Waals surface area contributed by atoms with E-state index in [0.717, 1.165) is 24.8 Å². The van der Waals surface area contributed by atoms with Crippen LogP contribution in [-0.2, 0) is 9.22 Å². The molecule has 0 aliphatic heterocycles. The summed E-state index contributed by atoms with van der Waals surface area (Å²) in [5.41, 5.74) is 0.998. The molecule has 0 N–H and O–H groups in total. The minimum atomic E-state index is -0.497. The Bertz CT molecular complexity index is 272. The van der Waals surface area contributed by atoms with E-state index >= 15 is 0 Å². The summed E-state index contributed by atoms with van der Waals surface area (Å²) < 4.78 is 4.78. The molecule has 0 saturated carbocycles. The third kappa shape index (κ3) is 6.13. The lowest BCUT2D eigenvalue weighted by Crippen LogP contribution is -1.98. The summed E-state index contributed by atoms with van der Waals surface area (Å²) in [7, 11) is 0. The first-order chi connectivity index (χ1) is 6.74. The van der Waals surface area contributed by atoms with E-state index in [9.17, 15) is 4.79 Å². The number of unbranched alkanes of at least 4 members (excludes halogenated alkanes) is 1. The highest BCUT2D eigenvalue weighted by molar-refractivity contribution is 5.79. The lowest BCUT2D eigenvalue weighted by molar-refractivity contribution is -0.371. The first kappa shape index (κ1) is 12.6. The van der Waals surface area contributed by atoms with Gasteiger partial charge < -0.3 is 0 Å². The molecule has 0 aromatic carbocycles. The van der Waals surface area contributed by atoms with Crippen molar-refractivity contribution in [3.05, 3.63) is 11.6 Å². The molecule has 0 rings (SSSR count). The number of aldehydes is 1. The van der Waals surface area contributed by atoms with Crippen LogP contribution in [0.4, 0.5) is 0 Å². The van der Waals surface area contributed by atoms with E-state index in [1.807, 2.05) is 13.0 Å². The van der Waals surface area contributed by atoms with E-state index < -0.39 is 5.97 Å². The quantitative estimate of drug-likeness (QED) is 0.383. The zero-order chi connectivity index (χ0) is 10.8. The molecule has 0 unspecified atom stereocenters. The van der Waals surface area contributed by atoms with Gasteiger partial charge in [0, 0.05) is 10.4 Å². The standard InChI is InChI=1S/C11H16NO2/c1-3-5-6-10(4-2)9-14-11(13)7-8-12/h6,9H,3-5,7H2,1-2H3/q+1/b10-6+. The van der Waals surface area contributed by atoms with Crippen molar-refractivity contribution in [2.24, 2.45) is 0 Å². The molecule has 0 aliphatic rings. The first-order valence-electron chi connectivity index (χ1n) is 4.83. The summed E-state index contributed by atoms with van der Waals surface area (Å²) >= 11 is 0. The number of hydrogen-bond acceptors (Lipinski definition) is 2. The van der Waals surface area contributed by atoms with Gasteiger partial charge in [-0.1, -0.05) is 26.3 Å². The van der Waals surface area contributed by atoms with Crippen molar-refractivity contribution in [3.63, 3.8) is 0 Å². The Hall–Kier alpha value is -1.43. The van der Waals surface area contributed by atoms with E-state index in [4.69, 9.17) is 9.69 Å². The van der Waals surface area contributed by atoms with Crippen LogP contribution < -0.4 is 0 Å². The smallest absolute Gasteiger partial charge is 0.279 e. The highest BCUT2D eigenvalue weighted by Crippen LogP contribution is 2.00. The van der Waals surface area contributed by atoms with Gasteiger partial charge in [0.15, 0.2) is 6.42 Å². The van der Waals surface area contributed by atoms with Crippen LogP contribution in [0.5, 0.6) is 0 Å². The average Bonchev–Trinajstić information content (AvgIpc) is 2.19. The van der Waals surface area contributed by atoms with Crippen LogP contribution in [0.15, 0.2) is 11.6 Å². The molecule has 14 heavy (non-hydrogen) atoms. The predicted molar refractivity (Wildman–Crippen MR) is 54.6 cm³/mol. The molecule has 0 aromatic heterocycles. The SMILES string of the molecule is CCC/C=C(/C=[O+]C(=O)CC#N)CC. The predicted octanol–water partition coefficient (Wildman–Crippen LogP) is 2.30. The molecule has 0 spiro atoms. The highest BCUT2D eigenvalue weighted by Gasteiger charge is 2.10. The van der Waals surface area contributed by atoms with Crippen LogP contribution in [0, 0.1) is 11.3 Å². The summed E-state index contributed by atoms with van der Waals surface area (Å²) in [4.78, 5) is 10.8. The van der Waals surface area contributed by atoms with Gasteiger partial charge in [-0.2, -0.15) is 5.26 Å². The molecule has 3 nitrogen and oxygen atoms in total. The number of rotatable bonds is 5. The molecule has 0 amide bonds. The Morgan fingerprint density at radius 2 is 2.21 bits per heavy atom. The van der Waals surface area contributed by atoms with Gasteiger partial charge in [-0.25, -0.2) is 0 Å². The molecule has 0 radical (unpaired) electrons. The lowest BCUT2D eigenvalue weighted by Gasteiger charge is -1.90. The number of nitriles is 1. The number of hydrogen-bond donors (Lipinski definition) is 0. The van der Waals surface area contributed by atoms with E-state index in [2.05, 4.69) is 6.92 Å². The molecule has 0 bridgehead atoms. The average molecular weight is 194 g/mol. The van der Waals surface area contributed by atoms with Gasteiger partial charge in [0.05, 0.1) is 6.07 Å². The normalized spacial score (nSPS) is 11.6. The molecule has 0 heterocycles. The zero-order valence-corrected chi connectivity index (χ0v) is 8.75. The third-order valence-electron chi connectivity index (χ3n) is 1.67. The van der Waals surface area contributed by atoms with E-state index in [-0.39, 0.29) is 6.42 Å². The van der Waals surface area contributed by atoms with Crippen LogP contribution in [0.2, 0.25) is 0 Å². The van der Waals surface area contributed by atoms with Crippen molar-refractivity contribution in [2.45, 2.75) is 39.5 Å². The van der Waals surface area contributed by atoms with E-state index in [1.54, 1.807) is 6.07 Å². The first-order valence-corrected chi connectivity index (χ1v) is 4.83. The van der Waals surface area contributed by atoms with E-state index in [0.29, 0.717) is 0 Å². The number of nitrogens with zero attached hydrogens (tertiary/aromatic N) is 1. The molecular weight excluding hydrogens is 178 g/mol. The van der Waals surface area contributed by atoms with Crippen LogP contribution in [0.1, 0.15) is 39.5 Å². The lowest BCUT2D eigenvalue weighted by atomic mass is 10.2. The fourth-order valence-electron chi connectivity index (χ4n) is 0.853. The van der Waals surface area contributed by atoms with Crippen molar-refractivity contribution < 1.29 is 9.22 Å². The Morgan fingerprint density at radius 3 is 2.71 bits per heavy atom. The number of allylic oxidation sites excluding steroid dienone is 2. The summed E-state index contributed by atoms with van der Waals surface area (Å²) in [6, 6.07) is 1.74. The summed E-state index contributed by atoms with van der Waals surface area (Å²) in [6.07, 6.45) is 6.18. The summed E-state index contributed by atoms with van der Waals surface area (Å²) in [5, 5.41) is 8.22. The second-order valence-electron chi connectivity index (χ2n) is 2.86. The fraction of sp³-hybridized carbons (Fsp3) is 0.545. The van der Waals surface area contributed by atoms with Gasteiger partial charge >= 0.3 is 5.97 Å². The molecule has 0 aromatic rings. The number of carbonyl (C=O) groups excluding carboxylic acids is 2. The monoisotopic (exact) mass is 194 g/mol. The molecule has 76 valence electrons. The Labute approximate surface area is 84.7 Å². The molecule has 0 aliphatic carbocycles. The summed E-state index contributed by atoms with van der Waals surface area (Å²) in [5.74, 6) is -0.497. The topological polar surface area (TPSA) is 52.2 Å². The van der Waals surface area contributed by atoms with Crippen molar-refractivity contribution in [2.75, 3.05) is 0 Å². The van der Waals surface area contributed by atoms with Gasteiger partial charge in [0.1, 0.15) is 0 Å². The minimum absolute atomic E-state index is 0.193. The van der Waals surface area contributed by atoms with Crippen molar-refractivity contribution in [3.8, 4) is 6.07 Å². The second-order valence-corrected chi connectivity index (χ2v) is 2.86. The van der Waals surface area contributed by atoms with Crippen LogP contribution >= 0.6 is 0 Å². The van der Waals surface area contributed by atoms with Gasteiger partial charge in [0.25, 0.3) is 0 Å². The Morgan fingerprint density at radius 1 is 1.50 bits per heavy atom. The van der Waals surface area contributed by atoms with Gasteiger partial charge in [-0.05, 0) is 12.8 Å². The molecular formula is C11H16NO2+. The molecule has 0 saturated heterocycles. The molecule has 0 fully saturated rings. The zero-order valence-electron chi connectivity index (χ0n) is 8.75. The van der Waals surface area contributed by atoms with Crippen LogP contribution in [-0.4, -0.2) is 12.3 Å². The fourth-order valence-corrected chi connectivity index (χ4v) is 0.853. The third-order valence-corrected chi connectivity index (χ3v) is 1.67. The van der Waals surface area contributed by atoms with Crippen molar-refractivity contribution in [1.82, 2.24) is 0 Å². The number of carbonyl (C=O) groups is 1. The van der Waals surface area contributed by atoms with Gasteiger partial charge in [0.2, 0.25) is 6.29 Å². The minimum Gasteiger partial charge on any atom is -0.279 e. The maximum Gasteiger partial charge on any atom is 0.594 e. The van der Waals surface area contributed by atoms with Crippen molar-refractivity contribution >= 4 is 12.3 Å². The van der Waals surface area contributed by atoms with Crippen LogP contribution in [0.3, 0.4) is 0 Å². The molecule has 0 atom stereocenters. The van der Waals surface area contributed by atoms with E-state index in [1.165, 1.54) is 6.29 Å².